The lowest BCUT2D eigenvalue weighted by atomic mass is 10.2. The van der Waals surface area contributed by atoms with Gasteiger partial charge in [0.2, 0.25) is 0 Å². The number of nitrogens with zero attached hydrogens (tertiary/aromatic N) is 2. The molecule has 0 amide bonds. The van der Waals surface area contributed by atoms with Crippen LogP contribution in [0.2, 0.25) is 0 Å². The molecule has 1 aromatic carbocycles. The minimum absolute atomic E-state index is 0.943. The molecule has 2 aliphatic carbocycles. The van der Waals surface area contributed by atoms with Crippen molar-refractivity contribution in [3.63, 3.8) is 0 Å². The Balaban J connectivity index is 1.71. The van der Waals surface area contributed by atoms with Crippen LogP contribution in [0.3, 0.4) is 0 Å². The molecule has 2 saturated carbocycles. The number of rotatable bonds is 5. The molecule has 0 radical (unpaired) electrons. The van der Waals surface area contributed by atoms with Crippen LogP contribution >= 0.6 is 15.9 Å². The molecule has 2 aliphatic rings. The average molecular weight is 333 g/mol. The van der Waals surface area contributed by atoms with Crippen molar-refractivity contribution in [2.75, 3.05) is 18.0 Å². The van der Waals surface area contributed by atoms with Gasteiger partial charge in [0, 0.05) is 30.0 Å². The van der Waals surface area contributed by atoms with Gasteiger partial charge in [-0.05, 0) is 55.7 Å². The van der Waals surface area contributed by atoms with Gasteiger partial charge >= 0.3 is 0 Å². The quantitative estimate of drug-likeness (QED) is 0.778. The molecule has 1 heterocycles. The lowest BCUT2D eigenvalue weighted by Crippen LogP contribution is -2.29. The highest BCUT2D eigenvalue weighted by Crippen LogP contribution is 2.37. The highest BCUT2D eigenvalue weighted by atomic mass is 79.9. The molecular formula is C17H21BrN2. The van der Waals surface area contributed by atoms with Crippen LogP contribution < -0.4 is 4.90 Å². The van der Waals surface area contributed by atoms with E-state index in [0.29, 0.717) is 0 Å². The first-order valence-corrected chi connectivity index (χ1v) is 8.50. The fourth-order valence-corrected chi connectivity index (χ4v) is 3.43. The first-order chi connectivity index (χ1) is 9.70. The number of aromatic nitrogens is 1. The summed E-state index contributed by atoms with van der Waals surface area (Å²) >= 11 is 3.59. The molecule has 2 aromatic rings. The van der Waals surface area contributed by atoms with Gasteiger partial charge in [-0.3, -0.25) is 0 Å². The molecule has 20 heavy (non-hydrogen) atoms. The molecular weight excluding hydrogens is 312 g/mol. The molecule has 0 unspecified atom stereocenters. The smallest absolute Gasteiger partial charge is 0.109 e. The summed E-state index contributed by atoms with van der Waals surface area (Å²) in [7, 11) is 2.21. The molecule has 0 bridgehead atoms. The second-order valence-corrected chi connectivity index (χ2v) is 7.47. The fraction of sp³-hybridized carbons (Fsp3) is 0.529. The van der Waals surface area contributed by atoms with Crippen LogP contribution in [0.4, 0.5) is 5.82 Å². The zero-order valence-corrected chi connectivity index (χ0v) is 13.6. The Kier molecular flexibility index (Phi) is 3.06. The van der Waals surface area contributed by atoms with E-state index in [4.69, 9.17) is 0 Å². The van der Waals surface area contributed by atoms with Crippen molar-refractivity contribution >= 4 is 32.7 Å². The Labute approximate surface area is 128 Å². The van der Waals surface area contributed by atoms with E-state index in [1.54, 1.807) is 0 Å². The zero-order chi connectivity index (χ0) is 13.7. The van der Waals surface area contributed by atoms with Gasteiger partial charge in [0.05, 0.1) is 5.52 Å². The van der Waals surface area contributed by atoms with Gasteiger partial charge in [0.25, 0.3) is 0 Å². The molecule has 106 valence electrons. The van der Waals surface area contributed by atoms with Crippen molar-refractivity contribution in [3.8, 4) is 0 Å². The maximum absolute atomic E-state index is 3.59. The zero-order valence-electron chi connectivity index (χ0n) is 12.0. The second kappa shape index (κ2) is 4.80. The summed E-state index contributed by atoms with van der Waals surface area (Å²) in [5.74, 6) is 3.29. The minimum atomic E-state index is 0.943. The summed E-state index contributed by atoms with van der Waals surface area (Å²) in [5, 5.41) is 1.35. The summed E-state index contributed by atoms with van der Waals surface area (Å²) in [5.41, 5.74) is 1.32. The van der Waals surface area contributed by atoms with Gasteiger partial charge in [-0.15, -0.1) is 0 Å². The lowest BCUT2D eigenvalue weighted by Gasteiger charge is -2.25. The van der Waals surface area contributed by atoms with Crippen LogP contribution in [0, 0.1) is 11.8 Å². The lowest BCUT2D eigenvalue weighted by molar-refractivity contribution is 0.660. The van der Waals surface area contributed by atoms with E-state index >= 15 is 0 Å². The van der Waals surface area contributed by atoms with E-state index in [2.05, 4.69) is 56.7 Å². The minimum Gasteiger partial charge on any atom is -0.357 e. The van der Waals surface area contributed by atoms with Crippen molar-refractivity contribution in [1.29, 1.82) is 0 Å². The highest BCUT2D eigenvalue weighted by Gasteiger charge is 2.30. The molecule has 0 aliphatic heterocycles. The molecule has 0 spiro atoms. The largest absolute Gasteiger partial charge is 0.357 e. The number of fused-ring (bicyclic) bond motifs is 1. The Morgan fingerprint density at radius 1 is 1.10 bits per heavy atom. The van der Waals surface area contributed by atoms with Gasteiger partial charge < -0.3 is 9.47 Å². The highest BCUT2D eigenvalue weighted by molar-refractivity contribution is 9.10. The standard InChI is InChI=1S/C17H21BrN2/c1-19-16-9-15(18)7-6-14(16)8-17(19)20(10-12-2-3-12)11-13-4-5-13/h6-9,12-13H,2-5,10-11H2,1H3. The summed E-state index contributed by atoms with van der Waals surface area (Å²) < 4.78 is 3.53. The Hall–Kier alpha value is -0.960. The van der Waals surface area contributed by atoms with Crippen molar-refractivity contribution in [3.05, 3.63) is 28.7 Å². The second-order valence-electron chi connectivity index (χ2n) is 6.56. The van der Waals surface area contributed by atoms with Crippen LogP contribution in [0.1, 0.15) is 25.7 Å². The van der Waals surface area contributed by atoms with E-state index < -0.39 is 0 Å². The number of anilines is 1. The maximum Gasteiger partial charge on any atom is 0.109 e. The fourth-order valence-electron chi connectivity index (χ4n) is 3.08. The summed E-state index contributed by atoms with van der Waals surface area (Å²) in [6.07, 6.45) is 5.71. The molecule has 4 rings (SSSR count). The van der Waals surface area contributed by atoms with Gasteiger partial charge in [0.1, 0.15) is 5.82 Å². The Morgan fingerprint density at radius 2 is 1.75 bits per heavy atom. The van der Waals surface area contributed by atoms with Crippen molar-refractivity contribution in [2.24, 2.45) is 18.9 Å². The molecule has 0 atom stereocenters. The van der Waals surface area contributed by atoms with Crippen molar-refractivity contribution in [2.45, 2.75) is 25.7 Å². The Morgan fingerprint density at radius 3 is 2.35 bits per heavy atom. The summed E-state index contributed by atoms with van der Waals surface area (Å²) in [6.45, 7) is 2.50. The summed E-state index contributed by atoms with van der Waals surface area (Å²) in [4.78, 5) is 2.64. The van der Waals surface area contributed by atoms with Gasteiger partial charge in [-0.2, -0.15) is 0 Å². The van der Waals surface area contributed by atoms with E-state index in [-0.39, 0.29) is 0 Å². The third-order valence-electron chi connectivity index (χ3n) is 4.66. The number of halogens is 1. The molecule has 2 fully saturated rings. The molecule has 0 N–H and O–H groups in total. The van der Waals surface area contributed by atoms with Crippen molar-refractivity contribution < 1.29 is 0 Å². The first-order valence-electron chi connectivity index (χ1n) is 7.70. The third kappa shape index (κ3) is 2.48. The summed E-state index contributed by atoms with van der Waals surface area (Å²) in [6, 6.07) is 8.95. The van der Waals surface area contributed by atoms with Gasteiger partial charge in [0.15, 0.2) is 0 Å². The van der Waals surface area contributed by atoms with E-state index in [9.17, 15) is 0 Å². The van der Waals surface area contributed by atoms with Crippen molar-refractivity contribution in [1.82, 2.24) is 4.57 Å². The molecule has 1 aromatic heterocycles. The van der Waals surface area contributed by atoms with Crippen LogP contribution in [0.5, 0.6) is 0 Å². The maximum atomic E-state index is 3.59. The number of hydrogen-bond acceptors (Lipinski definition) is 1. The SMILES string of the molecule is Cn1c(N(CC2CC2)CC2CC2)cc2ccc(Br)cc21. The van der Waals surface area contributed by atoms with Crippen LogP contribution in [-0.2, 0) is 7.05 Å². The van der Waals surface area contributed by atoms with E-state index in [0.717, 1.165) is 16.3 Å². The van der Waals surface area contributed by atoms with Crippen LogP contribution in [0.25, 0.3) is 10.9 Å². The van der Waals surface area contributed by atoms with Crippen LogP contribution in [-0.4, -0.2) is 17.7 Å². The monoisotopic (exact) mass is 332 g/mol. The topological polar surface area (TPSA) is 8.17 Å². The average Bonchev–Trinajstić information content (AvgIpc) is 3.33. The molecule has 2 nitrogen and oxygen atoms in total. The van der Waals surface area contributed by atoms with Crippen LogP contribution in [0.15, 0.2) is 28.7 Å². The number of aryl methyl sites for hydroxylation is 1. The molecule has 0 saturated heterocycles. The van der Waals surface area contributed by atoms with Gasteiger partial charge in [-0.1, -0.05) is 22.0 Å². The number of hydrogen-bond donors (Lipinski definition) is 0. The van der Waals surface area contributed by atoms with E-state index in [1.165, 1.54) is 55.5 Å². The first kappa shape index (κ1) is 12.8. The van der Waals surface area contributed by atoms with E-state index in [1.807, 2.05) is 0 Å². The predicted molar refractivity (Wildman–Crippen MR) is 88.3 cm³/mol. The number of benzene rings is 1. The Bertz CT molecular complexity index is 624. The molecule has 3 heteroatoms. The normalized spacial score (nSPS) is 18.7. The van der Waals surface area contributed by atoms with Gasteiger partial charge in [-0.25, -0.2) is 0 Å². The predicted octanol–water partition coefficient (Wildman–Crippen LogP) is 4.57. The third-order valence-corrected chi connectivity index (χ3v) is 5.15.